The molecule has 4 nitrogen and oxygen atoms in total. The number of carbonyl (C=O) groups is 1. The Hall–Kier alpha value is -1.72. The maximum absolute atomic E-state index is 12.8. The first kappa shape index (κ1) is 16.1. The molecule has 2 heterocycles. The second-order valence-electron chi connectivity index (χ2n) is 6.09. The maximum Gasteiger partial charge on any atom is 0.229 e. The molecule has 0 saturated carbocycles. The van der Waals surface area contributed by atoms with Crippen LogP contribution in [0.1, 0.15) is 36.2 Å². The van der Waals surface area contributed by atoms with Gasteiger partial charge >= 0.3 is 0 Å². The van der Waals surface area contributed by atoms with Gasteiger partial charge in [-0.1, -0.05) is 30.3 Å². The molecule has 1 amide bonds. The number of aryl methyl sites for hydroxylation is 1. The van der Waals surface area contributed by atoms with Crippen molar-refractivity contribution in [2.75, 3.05) is 6.61 Å². The van der Waals surface area contributed by atoms with Crippen molar-refractivity contribution >= 4 is 17.2 Å². The summed E-state index contributed by atoms with van der Waals surface area (Å²) >= 11 is 1.59. The van der Waals surface area contributed by atoms with Gasteiger partial charge in [-0.2, -0.15) is 0 Å². The van der Waals surface area contributed by atoms with Crippen LogP contribution in [0.25, 0.3) is 0 Å². The average molecular weight is 330 g/mol. The quantitative estimate of drug-likeness (QED) is 0.866. The van der Waals surface area contributed by atoms with Gasteiger partial charge in [0.1, 0.15) is 6.10 Å². The van der Waals surface area contributed by atoms with Crippen LogP contribution in [-0.4, -0.2) is 34.5 Å². The Morgan fingerprint density at radius 3 is 2.74 bits per heavy atom. The van der Waals surface area contributed by atoms with Crippen LogP contribution in [0.3, 0.4) is 0 Å². The number of aromatic nitrogens is 1. The van der Waals surface area contributed by atoms with Gasteiger partial charge in [-0.05, 0) is 26.3 Å². The minimum atomic E-state index is -0.0754. The predicted octanol–water partition coefficient (Wildman–Crippen LogP) is 3.37. The Labute approximate surface area is 141 Å². The first-order valence-electron chi connectivity index (χ1n) is 7.95. The number of ether oxygens (including phenoxy) is 1. The lowest BCUT2D eigenvalue weighted by Crippen LogP contribution is -2.54. The number of benzene rings is 1. The van der Waals surface area contributed by atoms with E-state index in [0.717, 1.165) is 16.3 Å². The SMILES string of the molecule is Cc1nc(CC(=O)N2[C@H](C)CO[C@H](c3ccccc3)[C@H]2C)cs1. The third-order valence-electron chi connectivity index (χ3n) is 4.28. The molecule has 0 bridgehead atoms. The van der Waals surface area contributed by atoms with E-state index in [1.807, 2.05) is 42.3 Å². The topological polar surface area (TPSA) is 42.4 Å². The van der Waals surface area contributed by atoms with Crippen LogP contribution < -0.4 is 0 Å². The summed E-state index contributed by atoms with van der Waals surface area (Å²) in [5.41, 5.74) is 1.98. The molecule has 0 unspecified atom stereocenters. The maximum atomic E-state index is 12.8. The van der Waals surface area contributed by atoms with E-state index in [1.54, 1.807) is 11.3 Å². The molecule has 0 N–H and O–H groups in total. The zero-order chi connectivity index (χ0) is 16.4. The molecule has 122 valence electrons. The Balaban J connectivity index is 1.77. The molecule has 1 aromatic carbocycles. The molecule has 0 aliphatic carbocycles. The van der Waals surface area contributed by atoms with Crippen molar-refractivity contribution in [3.8, 4) is 0 Å². The summed E-state index contributed by atoms with van der Waals surface area (Å²) < 4.78 is 6.02. The molecule has 5 heteroatoms. The molecule has 1 aromatic heterocycles. The summed E-state index contributed by atoms with van der Waals surface area (Å²) in [6, 6.07) is 10.2. The summed E-state index contributed by atoms with van der Waals surface area (Å²) in [7, 11) is 0. The fourth-order valence-corrected chi connectivity index (χ4v) is 3.85. The molecule has 1 aliphatic rings. The van der Waals surface area contributed by atoms with Gasteiger partial charge in [-0.25, -0.2) is 4.98 Å². The van der Waals surface area contributed by atoms with Gasteiger partial charge in [0.05, 0.1) is 35.8 Å². The number of nitrogens with zero attached hydrogens (tertiary/aromatic N) is 2. The third kappa shape index (κ3) is 3.46. The van der Waals surface area contributed by atoms with E-state index in [4.69, 9.17) is 4.74 Å². The highest BCUT2D eigenvalue weighted by atomic mass is 32.1. The molecule has 23 heavy (non-hydrogen) atoms. The van der Waals surface area contributed by atoms with Crippen LogP contribution in [0, 0.1) is 6.92 Å². The number of thiazole rings is 1. The van der Waals surface area contributed by atoms with Gasteiger partial charge in [0.25, 0.3) is 0 Å². The fourth-order valence-electron chi connectivity index (χ4n) is 3.24. The van der Waals surface area contributed by atoms with Gasteiger partial charge in [-0.15, -0.1) is 11.3 Å². The highest BCUT2D eigenvalue weighted by molar-refractivity contribution is 7.09. The summed E-state index contributed by atoms with van der Waals surface area (Å²) in [6.45, 7) is 6.63. The Morgan fingerprint density at radius 1 is 1.35 bits per heavy atom. The first-order chi connectivity index (χ1) is 11.1. The second-order valence-corrected chi connectivity index (χ2v) is 7.15. The van der Waals surface area contributed by atoms with Crippen LogP contribution in [-0.2, 0) is 16.0 Å². The van der Waals surface area contributed by atoms with E-state index in [1.165, 1.54) is 0 Å². The van der Waals surface area contributed by atoms with E-state index in [9.17, 15) is 4.79 Å². The average Bonchev–Trinajstić information content (AvgIpc) is 2.93. The monoisotopic (exact) mass is 330 g/mol. The zero-order valence-corrected chi connectivity index (χ0v) is 14.5. The van der Waals surface area contributed by atoms with Gasteiger partial charge < -0.3 is 9.64 Å². The molecule has 3 rings (SSSR count). The molecule has 2 aromatic rings. The first-order valence-corrected chi connectivity index (χ1v) is 8.83. The molecule has 0 spiro atoms. The van der Waals surface area contributed by atoms with Crippen LogP contribution >= 0.6 is 11.3 Å². The standard InChI is InChI=1S/C18H22N2O2S/c1-12-10-22-18(15-7-5-4-6-8-15)13(2)20(12)17(21)9-16-11-23-14(3)19-16/h4-8,11-13,18H,9-10H2,1-3H3/t12-,13-,18+/m1/s1. The van der Waals surface area contributed by atoms with Crippen LogP contribution in [0.15, 0.2) is 35.7 Å². The molecule has 1 fully saturated rings. The summed E-state index contributed by atoms with van der Waals surface area (Å²) in [4.78, 5) is 19.2. The number of rotatable bonds is 3. The highest BCUT2D eigenvalue weighted by Gasteiger charge is 2.37. The van der Waals surface area contributed by atoms with Crippen molar-refractivity contribution < 1.29 is 9.53 Å². The lowest BCUT2D eigenvalue weighted by Gasteiger charge is -2.43. The van der Waals surface area contributed by atoms with Gasteiger partial charge in [0.2, 0.25) is 5.91 Å². The van der Waals surface area contributed by atoms with Crippen molar-refractivity contribution in [3.63, 3.8) is 0 Å². The molecule has 0 radical (unpaired) electrons. The van der Waals surface area contributed by atoms with Gasteiger partial charge in [-0.3, -0.25) is 4.79 Å². The molecule has 3 atom stereocenters. The fraction of sp³-hybridized carbons (Fsp3) is 0.444. The predicted molar refractivity (Wildman–Crippen MR) is 91.5 cm³/mol. The number of hydrogen-bond donors (Lipinski definition) is 0. The van der Waals surface area contributed by atoms with E-state index >= 15 is 0 Å². The van der Waals surface area contributed by atoms with E-state index < -0.39 is 0 Å². The normalized spacial score (nSPS) is 24.7. The van der Waals surface area contributed by atoms with Crippen molar-refractivity contribution in [1.29, 1.82) is 0 Å². The van der Waals surface area contributed by atoms with Crippen molar-refractivity contribution in [2.45, 2.75) is 45.4 Å². The molecular weight excluding hydrogens is 308 g/mol. The number of morpholine rings is 1. The number of amides is 1. The minimum absolute atomic E-state index is 0.00776. The summed E-state index contributed by atoms with van der Waals surface area (Å²) in [5.74, 6) is 0.125. The Morgan fingerprint density at radius 2 is 2.09 bits per heavy atom. The second kappa shape index (κ2) is 6.81. The van der Waals surface area contributed by atoms with Gasteiger partial charge in [0, 0.05) is 5.38 Å². The smallest absolute Gasteiger partial charge is 0.229 e. The van der Waals surface area contributed by atoms with Crippen molar-refractivity contribution in [2.24, 2.45) is 0 Å². The minimum Gasteiger partial charge on any atom is -0.369 e. The Bertz CT molecular complexity index is 671. The lowest BCUT2D eigenvalue weighted by molar-refractivity contribution is -0.152. The summed E-state index contributed by atoms with van der Waals surface area (Å²) in [5, 5.41) is 2.97. The van der Waals surface area contributed by atoms with E-state index in [0.29, 0.717) is 13.0 Å². The Kier molecular flexibility index (Phi) is 4.78. The number of carbonyl (C=O) groups excluding carboxylic acids is 1. The van der Waals surface area contributed by atoms with E-state index in [-0.39, 0.29) is 24.1 Å². The van der Waals surface area contributed by atoms with Crippen LogP contribution in [0.2, 0.25) is 0 Å². The summed E-state index contributed by atoms with van der Waals surface area (Å²) in [6.07, 6.45) is 0.286. The van der Waals surface area contributed by atoms with E-state index in [2.05, 4.69) is 24.0 Å². The third-order valence-corrected chi connectivity index (χ3v) is 5.11. The highest BCUT2D eigenvalue weighted by Crippen LogP contribution is 2.31. The van der Waals surface area contributed by atoms with Crippen molar-refractivity contribution in [3.05, 3.63) is 52.0 Å². The molecule has 1 saturated heterocycles. The zero-order valence-electron chi connectivity index (χ0n) is 13.7. The van der Waals surface area contributed by atoms with Gasteiger partial charge in [0.15, 0.2) is 0 Å². The van der Waals surface area contributed by atoms with Crippen molar-refractivity contribution in [1.82, 2.24) is 9.88 Å². The van der Waals surface area contributed by atoms with Crippen LogP contribution in [0.4, 0.5) is 0 Å². The molecular formula is C18H22N2O2S. The largest absolute Gasteiger partial charge is 0.369 e. The molecule has 1 aliphatic heterocycles. The number of hydrogen-bond acceptors (Lipinski definition) is 4. The lowest BCUT2D eigenvalue weighted by atomic mass is 9.98. The van der Waals surface area contributed by atoms with Crippen LogP contribution in [0.5, 0.6) is 0 Å².